The Morgan fingerprint density at radius 1 is 1.43 bits per heavy atom. The summed E-state index contributed by atoms with van der Waals surface area (Å²) in [6.45, 7) is 5.59. The topological polar surface area (TPSA) is 75.6 Å². The molecule has 0 radical (unpaired) electrons. The van der Waals surface area contributed by atoms with E-state index in [0.717, 1.165) is 0 Å². The van der Waals surface area contributed by atoms with Crippen molar-refractivity contribution < 1.29 is 19.4 Å². The Labute approximate surface area is 83.4 Å². The van der Waals surface area contributed by atoms with Crippen LogP contribution in [-0.2, 0) is 14.3 Å². The van der Waals surface area contributed by atoms with E-state index in [1.807, 2.05) is 0 Å². The van der Waals surface area contributed by atoms with E-state index in [9.17, 15) is 9.59 Å². The molecule has 0 aromatic carbocycles. The zero-order chi connectivity index (χ0) is 11.1. The van der Waals surface area contributed by atoms with E-state index in [-0.39, 0.29) is 12.5 Å². The monoisotopic (exact) mass is 203 g/mol. The summed E-state index contributed by atoms with van der Waals surface area (Å²) in [7, 11) is 0. The number of aliphatic carboxylic acids is 1. The first-order valence-corrected chi connectivity index (χ1v) is 4.59. The van der Waals surface area contributed by atoms with Crippen LogP contribution in [0.5, 0.6) is 0 Å². The Hall–Kier alpha value is -1.10. The highest BCUT2D eigenvalue weighted by atomic mass is 16.5. The third-order valence-corrected chi connectivity index (χ3v) is 1.69. The van der Waals surface area contributed by atoms with Crippen LogP contribution in [-0.4, -0.2) is 36.2 Å². The SMILES string of the molecule is CCOCC(=O)NC(C(=O)O)C(C)C. The Kier molecular flexibility index (Phi) is 5.87. The molecule has 0 aliphatic heterocycles. The summed E-state index contributed by atoms with van der Waals surface area (Å²) in [4.78, 5) is 21.8. The minimum Gasteiger partial charge on any atom is -0.480 e. The number of nitrogens with one attached hydrogen (secondary N) is 1. The van der Waals surface area contributed by atoms with Crippen molar-refractivity contribution in [2.24, 2.45) is 5.92 Å². The number of carbonyl (C=O) groups excluding carboxylic acids is 1. The molecule has 0 rings (SSSR count). The summed E-state index contributed by atoms with van der Waals surface area (Å²) in [5, 5.41) is 11.1. The Bertz CT molecular complexity index is 203. The largest absolute Gasteiger partial charge is 0.480 e. The predicted molar refractivity (Wildman–Crippen MR) is 50.9 cm³/mol. The maximum absolute atomic E-state index is 11.1. The zero-order valence-corrected chi connectivity index (χ0v) is 8.74. The molecule has 14 heavy (non-hydrogen) atoms. The summed E-state index contributed by atoms with van der Waals surface area (Å²) in [5.74, 6) is -1.56. The van der Waals surface area contributed by atoms with Crippen molar-refractivity contribution in [3.8, 4) is 0 Å². The number of rotatable bonds is 6. The lowest BCUT2D eigenvalue weighted by atomic mass is 10.1. The van der Waals surface area contributed by atoms with Gasteiger partial charge < -0.3 is 15.2 Å². The molecule has 1 atom stereocenters. The van der Waals surface area contributed by atoms with Gasteiger partial charge in [-0.1, -0.05) is 13.8 Å². The van der Waals surface area contributed by atoms with Gasteiger partial charge in [0.2, 0.25) is 5.91 Å². The standard InChI is InChI=1S/C9H17NO4/c1-4-14-5-7(11)10-8(6(2)3)9(12)13/h6,8H,4-5H2,1-3H3,(H,10,11)(H,12,13). The van der Waals surface area contributed by atoms with Gasteiger partial charge in [-0.05, 0) is 12.8 Å². The van der Waals surface area contributed by atoms with Crippen LogP contribution >= 0.6 is 0 Å². The number of carboxylic acid groups (broad SMARTS) is 1. The van der Waals surface area contributed by atoms with Crippen LogP contribution in [0.25, 0.3) is 0 Å². The molecule has 82 valence electrons. The van der Waals surface area contributed by atoms with Crippen LogP contribution in [0.15, 0.2) is 0 Å². The Morgan fingerprint density at radius 3 is 2.36 bits per heavy atom. The molecule has 0 bridgehead atoms. The number of hydrogen-bond acceptors (Lipinski definition) is 3. The number of hydrogen-bond donors (Lipinski definition) is 2. The third-order valence-electron chi connectivity index (χ3n) is 1.69. The van der Waals surface area contributed by atoms with Crippen molar-refractivity contribution >= 4 is 11.9 Å². The van der Waals surface area contributed by atoms with Crippen LogP contribution in [0, 0.1) is 5.92 Å². The van der Waals surface area contributed by atoms with E-state index in [4.69, 9.17) is 9.84 Å². The molecule has 5 nitrogen and oxygen atoms in total. The molecule has 0 saturated heterocycles. The molecule has 0 aromatic heterocycles. The van der Waals surface area contributed by atoms with Crippen LogP contribution in [0.4, 0.5) is 0 Å². The average Bonchev–Trinajstić information content (AvgIpc) is 2.09. The van der Waals surface area contributed by atoms with Crippen molar-refractivity contribution in [3.05, 3.63) is 0 Å². The molecule has 0 spiro atoms. The number of carbonyl (C=O) groups is 2. The fourth-order valence-electron chi connectivity index (χ4n) is 0.923. The fraction of sp³-hybridized carbons (Fsp3) is 0.778. The second kappa shape index (κ2) is 6.37. The molecular formula is C9H17NO4. The van der Waals surface area contributed by atoms with Crippen LogP contribution in [0.3, 0.4) is 0 Å². The van der Waals surface area contributed by atoms with Crippen LogP contribution in [0.2, 0.25) is 0 Å². The van der Waals surface area contributed by atoms with E-state index in [1.165, 1.54) is 0 Å². The number of ether oxygens (including phenoxy) is 1. The smallest absolute Gasteiger partial charge is 0.326 e. The zero-order valence-electron chi connectivity index (χ0n) is 8.74. The van der Waals surface area contributed by atoms with Gasteiger partial charge in [0.05, 0.1) is 0 Å². The first kappa shape index (κ1) is 12.9. The highest BCUT2D eigenvalue weighted by molar-refractivity contribution is 5.84. The Morgan fingerprint density at radius 2 is 2.00 bits per heavy atom. The van der Waals surface area contributed by atoms with Gasteiger partial charge in [-0.2, -0.15) is 0 Å². The minimum absolute atomic E-state index is 0.0903. The maximum atomic E-state index is 11.1. The Balaban J connectivity index is 4.04. The van der Waals surface area contributed by atoms with Gasteiger partial charge in [0.25, 0.3) is 0 Å². The molecule has 5 heteroatoms. The quantitative estimate of drug-likeness (QED) is 0.648. The molecule has 0 fully saturated rings. The van der Waals surface area contributed by atoms with Crippen LogP contribution < -0.4 is 5.32 Å². The second-order valence-corrected chi connectivity index (χ2v) is 3.26. The first-order chi connectivity index (χ1) is 6.49. The molecule has 0 aromatic rings. The van der Waals surface area contributed by atoms with E-state index in [2.05, 4.69) is 5.32 Å². The van der Waals surface area contributed by atoms with Gasteiger partial charge in [-0.3, -0.25) is 4.79 Å². The van der Waals surface area contributed by atoms with E-state index in [0.29, 0.717) is 6.61 Å². The van der Waals surface area contributed by atoms with Crippen molar-refractivity contribution in [1.29, 1.82) is 0 Å². The van der Waals surface area contributed by atoms with E-state index in [1.54, 1.807) is 20.8 Å². The second-order valence-electron chi connectivity index (χ2n) is 3.26. The lowest BCUT2D eigenvalue weighted by molar-refractivity contribution is -0.143. The average molecular weight is 203 g/mol. The van der Waals surface area contributed by atoms with Gasteiger partial charge in [0, 0.05) is 6.61 Å². The number of carboxylic acids is 1. The molecular weight excluding hydrogens is 186 g/mol. The minimum atomic E-state index is -1.02. The summed E-state index contributed by atoms with van der Waals surface area (Å²) in [6.07, 6.45) is 0. The summed E-state index contributed by atoms with van der Waals surface area (Å²) in [6, 6.07) is -0.844. The van der Waals surface area contributed by atoms with E-state index < -0.39 is 17.9 Å². The van der Waals surface area contributed by atoms with Crippen molar-refractivity contribution in [1.82, 2.24) is 5.32 Å². The maximum Gasteiger partial charge on any atom is 0.326 e. The molecule has 2 N–H and O–H groups in total. The molecule has 0 aliphatic carbocycles. The van der Waals surface area contributed by atoms with Gasteiger partial charge >= 0.3 is 5.97 Å². The van der Waals surface area contributed by atoms with Crippen LogP contribution in [0.1, 0.15) is 20.8 Å². The van der Waals surface area contributed by atoms with Crippen molar-refractivity contribution in [3.63, 3.8) is 0 Å². The first-order valence-electron chi connectivity index (χ1n) is 4.59. The highest BCUT2D eigenvalue weighted by Crippen LogP contribution is 2.01. The van der Waals surface area contributed by atoms with Gasteiger partial charge in [0.1, 0.15) is 12.6 Å². The van der Waals surface area contributed by atoms with Gasteiger partial charge in [-0.15, -0.1) is 0 Å². The normalized spacial score (nSPS) is 12.6. The highest BCUT2D eigenvalue weighted by Gasteiger charge is 2.22. The van der Waals surface area contributed by atoms with Crippen molar-refractivity contribution in [2.45, 2.75) is 26.8 Å². The van der Waals surface area contributed by atoms with Crippen molar-refractivity contribution in [2.75, 3.05) is 13.2 Å². The summed E-state index contributed by atoms with van der Waals surface area (Å²) < 4.78 is 4.85. The molecule has 1 amide bonds. The third kappa shape index (κ3) is 4.81. The summed E-state index contributed by atoms with van der Waals surface area (Å²) in [5.41, 5.74) is 0. The molecule has 0 saturated carbocycles. The lowest BCUT2D eigenvalue weighted by Crippen LogP contribution is -2.45. The molecule has 0 aliphatic rings. The fourth-order valence-corrected chi connectivity index (χ4v) is 0.923. The molecule has 1 unspecified atom stereocenters. The van der Waals surface area contributed by atoms with E-state index >= 15 is 0 Å². The van der Waals surface area contributed by atoms with Gasteiger partial charge in [0.15, 0.2) is 0 Å². The molecule has 0 heterocycles. The summed E-state index contributed by atoms with van der Waals surface area (Å²) >= 11 is 0. The predicted octanol–water partition coefficient (Wildman–Crippen LogP) is 0.248. The van der Waals surface area contributed by atoms with Gasteiger partial charge in [-0.25, -0.2) is 4.79 Å². The lowest BCUT2D eigenvalue weighted by Gasteiger charge is -2.17. The number of amides is 1.